The smallest absolute Gasteiger partial charge is 0.212 e. The first-order chi connectivity index (χ1) is 7.20. The lowest BCUT2D eigenvalue weighted by molar-refractivity contribution is -0.134. The summed E-state index contributed by atoms with van der Waals surface area (Å²) in [6.45, 7) is 1.60. The lowest BCUT2D eigenvalue weighted by Crippen LogP contribution is -2.35. The maximum absolute atomic E-state index is 11.8. The number of rotatable bonds is 6. The van der Waals surface area contributed by atoms with Crippen molar-refractivity contribution in [2.45, 2.75) is 38.4 Å². The van der Waals surface area contributed by atoms with Gasteiger partial charge in [-0.3, -0.25) is 0 Å². The predicted octanol–water partition coefficient (Wildman–Crippen LogP) is 1.55. The first kappa shape index (κ1) is 15.2. The summed E-state index contributed by atoms with van der Waals surface area (Å²) in [5, 5.41) is 8.49. The summed E-state index contributed by atoms with van der Waals surface area (Å²) in [6, 6.07) is 0.823. The van der Waals surface area contributed by atoms with E-state index in [2.05, 4.69) is 0 Å². The third kappa shape index (κ3) is 7.48. The number of sulfonamides is 1. The van der Waals surface area contributed by atoms with Crippen molar-refractivity contribution in [2.75, 3.05) is 5.75 Å². The molecule has 0 saturated carbocycles. The molecule has 0 amide bonds. The molecule has 0 heterocycles. The van der Waals surface area contributed by atoms with Gasteiger partial charge in [-0.1, -0.05) is 6.92 Å². The number of nitrogens with zero attached hydrogens (tertiary/aromatic N) is 1. The Labute approximate surface area is 92.5 Å². The van der Waals surface area contributed by atoms with Gasteiger partial charge < -0.3 is 0 Å². The summed E-state index contributed by atoms with van der Waals surface area (Å²) in [6.07, 6.45) is -5.72. The normalized spacial score (nSPS) is 14.4. The van der Waals surface area contributed by atoms with Crippen LogP contribution in [-0.4, -0.2) is 26.4 Å². The molecule has 0 bridgehead atoms. The Balaban J connectivity index is 4.13. The van der Waals surface area contributed by atoms with Crippen LogP contribution in [0.5, 0.6) is 0 Å². The van der Waals surface area contributed by atoms with Gasteiger partial charge in [0.2, 0.25) is 10.0 Å². The second kappa shape index (κ2) is 6.06. The Morgan fingerprint density at radius 1 is 1.44 bits per heavy atom. The molecule has 1 N–H and O–H groups in total. The zero-order chi connectivity index (χ0) is 12.8. The zero-order valence-electron chi connectivity index (χ0n) is 8.71. The molecule has 0 saturated heterocycles. The summed E-state index contributed by atoms with van der Waals surface area (Å²) >= 11 is 0. The Morgan fingerprint density at radius 2 is 2.00 bits per heavy atom. The molecule has 1 unspecified atom stereocenters. The first-order valence-electron chi connectivity index (χ1n) is 4.66. The highest BCUT2D eigenvalue weighted by molar-refractivity contribution is 7.89. The van der Waals surface area contributed by atoms with Crippen molar-refractivity contribution in [3.05, 3.63) is 0 Å². The van der Waals surface area contributed by atoms with Crippen molar-refractivity contribution in [3.8, 4) is 6.07 Å². The fraction of sp³-hybridized carbons (Fsp3) is 0.875. The molecule has 8 heteroatoms. The molecule has 0 rings (SSSR count). The van der Waals surface area contributed by atoms with Crippen molar-refractivity contribution in [3.63, 3.8) is 0 Å². The third-order valence-electron chi connectivity index (χ3n) is 1.76. The molecular weight excluding hydrogens is 245 g/mol. The minimum Gasteiger partial charge on any atom is -0.212 e. The van der Waals surface area contributed by atoms with E-state index in [9.17, 15) is 21.6 Å². The molecule has 94 valence electrons. The van der Waals surface area contributed by atoms with Crippen LogP contribution in [0, 0.1) is 11.3 Å². The van der Waals surface area contributed by atoms with Gasteiger partial charge in [0.15, 0.2) is 0 Å². The van der Waals surface area contributed by atoms with Crippen LogP contribution >= 0.6 is 0 Å². The lowest BCUT2D eigenvalue weighted by atomic mass is 10.3. The largest absolute Gasteiger partial charge is 0.389 e. The van der Waals surface area contributed by atoms with E-state index in [4.69, 9.17) is 5.26 Å². The fourth-order valence-corrected chi connectivity index (χ4v) is 2.23. The van der Waals surface area contributed by atoms with Crippen LogP contribution in [-0.2, 0) is 10.0 Å². The number of halogens is 3. The molecule has 0 aliphatic carbocycles. The molecule has 0 aliphatic heterocycles. The summed E-state index contributed by atoms with van der Waals surface area (Å²) in [7, 11) is -3.80. The SMILES string of the molecule is CCC(C#N)NS(=O)(=O)CCCC(F)(F)F. The highest BCUT2D eigenvalue weighted by Crippen LogP contribution is 2.21. The molecule has 16 heavy (non-hydrogen) atoms. The number of nitriles is 1. The third-order valence-corrected chi connectivity index (χ3v) is 3.23. The van der Waals surface area contributed by atoms with Crippen LogP contribution < -0.4 is 4.72 Å². The van der Waals surface area contributed by atoms with Crippen LogP contribution in [0.3, 0.4) is 0 Å². The Bertz CT molecular complexity index is 345. The topological polar surface area (TPSA) is 70.0 Å². The first-order valence-corrected chi connectivity index (χ1v) is 6.32. The maximum Gasteiger partial charge on any atom is 0.389 e. The van der Waals surface area contributed by atoms with Crippen LogP contribution in [0.25, 0.3) is 0 Å². The van der Waals surface area contributed by atoms with Gasteiger partial charge in [-0.25, -0.2) is 8.42 Å². The summed E-state index contributed by atoms with van der Waals surface area (Å²) in [5.41, 5.74) is 0. The number of alkyl halides is 3. The second-order valence-electron chi connectivity index (χ2n) is 3.25. The van der Waals surface area contributed by atoms with Gasteiger partial charge >= 0.3 is 6.18 Å². The van der Waals surface area contributed by atoms with E-state index in [1.807, 2.05) is 4.72 Å². The summed E-state index contributed by atoms with van der Waals surface area (Å²) < 4.78 is 59.7. The molecule has 0 aromatic heterocycles. The molecule has 0 aliphatic rings. The predicted molar refractivity (Wildman–Crippen MR) is 51.9 cm³/mol. The quantitative estimate of drug-likeness (QED) is 0.785. The van der Waals surface area contributed by atoms with E-state index in [1.54, 1.807) is 13.0 Å². The van der Waals surface area contributed by atoms with Crippen molar-refractivity contribution in [1.29, 1.82) is 5.26 Å². The Morgan fingerprint density at radius 3 is 2.38 bits per heavy atom. The Kier molecular flexibility index (Phi) is 5.75. The van der Waals surface area contributed by atoms with Crippen molar-refractivity contribution < 1.29 is 21.6 Å². The van der Waals surface area contributed by atoms with E-state index in [0.717, 1.165) is 0 Å². The minimum atomic E-state index is -4.35. The fourth-order valence-electron chi connectivity index (χ4n) is 0.939. The number of nitrogens with one attached hydrogen (secondary N) is 1. The van der Waals surface area contributed by atoms with Crippen LogP contribution in [0.1, 0.15) is 26.2 Å². The molecule has 0 aromatic carbocycles. The van der Waals surface area contributed by atoms with Gasteiger partial charge in [0, 0.05) is 6.42 Å². The molecule has 4 nitrogen and oxygen atoms in total. The zero-order valence-corrected chi connectivity index (χ0v) is 9.53. The van der Waals surface area contributed by atoms with Gasteiger partial charge in [0.25, 0.3) is 0 Å². The average Bonchev–Trinajstić information content (AvgIpc) is 2.11. The number of hydrogen-bond donors (Lipinski definition) is 1. The summed E-state index contributed by atoms with van der Waals surface area (Å²) in [5.74, 6) is -0.620. The van der Waals surface area contributed by atoms with E-state index in [-0.39, 0.29) is 6.42 Å². The molecule has 0 aromatic rings. The van der Waals surface area contributed by atoms with Gasteiger partial charge in [0.1, 0.15) is 6.04 Å². The standard InChI is InChI=1S/C8H13F3N2O2S/c1-2-7(6-12)13-16(14,15)5-3-4-8(9,10)11/h7,13H,2-5H2,1H3. The van der Waals surface area contributed by atoms with E-state index < -0.39 is 40.8 Å². The lowest BCUT2D eigenvalue weighted by Gasteiger charge is -2.10. The highest BCUT2D eigenvalue weighted by atomic mass is 32.2. The van der Waals surface area contributed by atoms with Crippen molar-refractivity contribution >= 4 is 10.0 Å². The molecule has 0 radical (unpaired) electrons. The maximum atomic E-state index is 11.8. The molecule has 0 spiro atoms. The van der Waals surface area contributed by atoms with Crippen LogP contribution in [0.4, 0.5) is 13.2 Å². The molecule has 0 fully saturated rings. The van der Waals surface area contributed by atoms with Crippen molar-refractivity contribution in [2.24, 2.45) is 0 Å². The van der Waals surface area contributed by atoms with Gasteiger partial charge in [-0.05, 0) is 12.8 Å². The second-order valence-corrected chi connectivity index (χ2v) is 5.12. The van der Waals surface area contributed by atoms with Gasteiger partial charge in [-0.2, -0.15) is 23.2 Å². The summed E-state index contributed by atoms with van der Waals surface area (Å²) in [4.78, 5) is 0. The Hall–Kier alpha value is -0.810. The molecule has 1 atom stereocenters. The van der Waals surface area contributed by atoms with Crippen LogP contribution in [0.2, 0.25) is 0 Å². The number of hydrogen-bond acceptors (Lipinski definition) is 3. The molecular formula is C8H13F3N2O2S. The van der Waals surface area contributed by atoms with Gasteiger partial charge in [-0.15, -0.1) is 0 Å². The average molecular weight is 258 g/mol. The monoisotopic (exact) mass is 258 g/mol. The van der Waals surface area contributed by atoms with Gasteiger partial charge in [0.05, 0.1) is 11.8 Å². The highest BCUT2D eigenvalue weighted by Gasteiger charge is 2.27. The van der Waals surface area contributed by atoms with Crippen LogP contribution in [0.15, 0.2) is 0 Å². The van der Waals surface area contributed by atoms with E-state index in [0.29, 0.717) is 0 Å². The van der Waals surface area contributed by atoms with Crippen molar-refractivity contribution in [1.82, 2.24) is 4.72 Å². The van der Waals surface area contributed by atoms with E-state index >= 15 is 0 Å². The van der Waals surface area contributed by atoms with E-state index in [1.165, 1.54) is 0 Å². The minimum absolute atomic E-state index is 0.273.